The van der Waals surface area contributed by atoms with E-state index in [0.717, 1.165) is 12.1 Å². The number of carbonyl (C=O) groups is 3. The Kier molecular flexibility index (Phi) is 4.83. The average molecular weight is 388 g/mol. The molecule has 6 nitrogen and oxygen atoms in total. The van der Waals surface area contributed by atoms with Crippen molar-refractivity contribution in [1.82, 2.24) is 0 Å². The zero-order valence-corrected chi connectivity index (χ0v) is 14.3. The molecule has 3 rings (SSSR count). The van der Waals surface area contributed by atoms with Crippen molar-refractivity contribution in [2.45, 2.75) is 39.0 Å². The first kappa shape index (κ1) is 19.1. The van der Waals surface area contributed by atoms with E-state index in [1.807, 2.05) is 0 Å². The van der Waals surface area contributed by atoms with E-state index in [-0.39, 0.29) is 18.8 Å². The molecule has 0 spiro atoms. The molecular weight excluding hydrogens is 372 g/mol. The zero-order valence-electron chi connectivity index (χ0n) is 14.3. The van der Waals surface area contributed by atoms with Gasteiger partial charge in [-0.25, -0.2) is 14.1 Å². The number of benzene rings is 1. The van der Waals surface area contributed by atoms with Gasteiger partial charge in [0.1, 0.15) is 12.4 Å². The molecule has 0 atom stereocenters. The number of hydrogen-bond acceptors (Lipinski definition) is 4. The maximum absolute atomic E-state index is 14.5. The van der Waals surface area contributed by atoms with E-state index in [9.17, 15) is 31.9 Å². The standard InChI is InChI=1S/C17H16F4N2O4/c1-2-3-22-12-7-13(11(18)4-9(12)8-27-16(22)26)23-14(24)5-10(6-15(23)25)17(19,20)21/h4,7,10H,2-3,5-6,8H2,1H3. The number of nitrogens with zero attached hydrogens (tertiary/aromatic N) is 2. The number of halogens is 4. The highest BCUT2D eigenvalue weighted by Gasteiger charge is 2.48. The van der Waals surface area contributed by atoms with Crippen LogP contribution in [0.15, 0.2) is 12.1 Å². The summed E-state index contributed by atoms with van der Waals surface area (Å²) in [6.45, 7) is 1.89. The minimum absolute atomic E-state index is 0.177. The third-order valence-corrected chi connectivity index (χ3v) is 4.50. The second kappa shape index (κ2) is 6.82. The molecule has 2 aliphatic rings. The van der Waals surface area contributed by atoms with Crippen LogP contribution in [-0.2, 0) is 20.9 Å². The number of anilines is 2. The van der Waals surface area contributed by atoms with E-state index < -0.39 is 54.3 Å². The quantitative estimate of drug-likeness (QED) is 0.587. The number of cyclic esters (lactones) is 1. The SMILES string of the molecule is CCCN1C(=O)OCc2cc(F)c(N3C(=O)CC(C(F)(F)F)CC3=O)cc21. The molecule has 10 heteroatoms. The van der Waals surface area contributed by atoms with Gasteiger partial charge in [0.05, 0.1) is 17.3 Å². The molecule has 1 fully saturated rings. The molecule has 3 amide bonds. The van der Waals surface area contributed by atoms with Crippen molar-refractivity contribution in [3.8, 4) is 0 Å². The van der Waals surface area contributed by atoms with Crippen LogP contribution in [-0.4, -0.2) is 30.6 Å². The van der Waals surface area contributed by atoms with Crippen LogP contribution in [0.25, 0.3) is 0 Å². The Balaban J connectivity index is 1.99. The summed E-state index contributed by atoms with van der Waals surface area (Å²) in [7, 11) is 0. The summed E-state index contributed by atoms with van der Waals surface area (Å²) in [6.07, 6.45) is -6.65. The monoisotopic (exact) mass is 388 g/mol. The Bertz CT molecular complexity index is 791. The minimum Gasteiger partial charge on any atom is -0.444 e. The third kappa shape index (κ3) is 3.47. The lowest BCUT2D eigenvalue weighted by molar-refractivity contribution is -0.185. The number of imide groups is 1. The molecule has 0 aliphatic carbocycles. The molecule has 0 bridgehead atoms. The molecule has 2 heterocycles. The Morgan fingerprint density at radius 3 is 2.30 bits per heavy atom. The van der Waals surface area contributed by atoms with Crippen molar-refractivity contribution in [1.29, 1.82) is 0 Å². The normalized spacial score (nSPS) is 18.6. The highest BCUT2D eigenvalue weighted by molar-refractivity contribution is 6.17. The number of rotatable bonds is 3. The van der Waals surface area contributed by atoms with Gasteiger partial charge < -0.3 is 4.74 Å². The fourth-order valence-electron chi connectivity index (χ4n) is 3.20. The lowest BCUT2D eigenvalue weighted by Gasteiger charge is -2.33. The van der Waals surface area contributed by atoms with E-state index in [1.54, 1.807) is 6.92 Å². The topological polar surface area (TPSA) is 66.9 Å². The van der Waals surface area contributed by atoms with Gasteiger partial charge in [-0.3, -0.25) is 14.5 Å². The molecule has 27 heavy (non-hydrogen) atoms. The number of fused-ring (bicyclic) bond motifs is 1. The number of hydrogen-bond donors (Lipinski definition) is 0. The summed E-state index contributed by atoms with van der Waals surface area (Å²) in [4.78, 5) is 38.0. The van der Waals surface area contributed by atoms with Gasteiger partial charge in [0.2, 0.25) is 11.8 Å². The Morgan fingerprint density at radius 1 is 1.11 bits per heavy atom. The van der Waals surface area contributed by atoms with Crippen LogP contribution in [0.2, 0.25) is 0 Å². The third-order valence-electron chi connectivity index (χ3n) is 4.50. The summed E-state index contributed by atoms with van der Waals surface area (Å²) in [6, 6.07) is 2.17. The number of ether oxygens (including phenoxy) is 1. The maximum atomic E-state index is 14.5. The molecule has 0 saturated carbocycles. The number of carbonyl (C=O) groups excluding carboxylic acids is 3. The molecule has 0 radical (unpaired) electrons. The van der Waals surface area contributed by atoms with Crippen molar-refractivity contribution in [3.63, 3.8) is 0 Å². The summed E-state index contributed by atoms with van der Waals surface area (Å²) in [5.74, 6) is -5.29. The largest absolute Gasteiger partial charge is 0.444 e. The van der Waals surface area contributed by atoms with E-state index in [1.165, 1.54) is 4.90 Å². The van der Waals surface area contributed by atoms with Crippen molar-refractivity contribution in [3.05, 3.63) is 23.5 Å². The molecule has 0 unspecified atom stereocenters. The molecule has 2 aliphatic heterocycles. The first-order valence-electron chi connectivity index (χ1n) is 8.32. The van der Waals surface area contributed by atoms with Gasteiger partial charge >= 0.3 is 12.3 Å². The van der Waals surface area contributed by atoms with E-state index in [0.29, 0.717) is 16.9 Å². The number of piperidine rings is 1. The van der Waals surface area contributed by atoms with Crippen molar-refractivity contribution in [2.24, 2.45) is 5.92 Å². The van der Waals surface area contributed by atoms with Crippen molar-refractivity contribution >= 4 is 29.3 Å². The lowest BCUT2D eigenvalue weighted by Crippen LogP contribution is -2.47. The summed E-state index contributed by atoms with van der Waals surface area (Å²) < 4.78 is 58.0. The lowest BCUT2D eigenvalue weighted by atomic mass is 9.94. The van der Waals surface area contributed by atoms with Crippen LogP contribution in [0.3, 0.4) is 0 Å². The zero-order chi connectivity index (χ0) is 19.9. The van der Waals surface area contributed by atoms with E-state index >= 15 is 0 Å². The van der Waals surface area contributed by atoms with Gasteiger partial charge in [-0.05, 0) is 18.6 Å². The van der Waals surface area contributed by atoms with Gasteiger partial charge in [0.25, 0.3) is 0 Å². The Labute approximate surface area is 151 Å². The molecule has 146 valence electrons. The smallest absolute Gasteiger partial charge is 0.414 e. The fourth-order valence-corrected chi connectivity index (χ4v) is 3.20. The van der Waals surface area contributed by atoms with Gasteiger partial charge in [-0.15, -0.1) is 0 Å². The summed E-state index contributed by atoms with van der Waals surface area (Å²) in [5.41, 5.74) is 0.151. The predicted octanol–water partition coefficient (Wildman–Crippen LogP) is 3.52. The minimum atomic E-state index is -4.69. The van der Waals surface area contributed by atoms with E-state index in [4.69, 9.17) is 4.74 Å². The fraction of sp³-hybridized carbons (Fsp3) is 0.471. The second-order valence-corrected chi connectivity index (χ2v) is 6.41. The Morgan fingerprint density at radius 2 is 1.74 bits per heavy atom. The van der Waals surface area contributed by atoms with Crippen LogP contribution in [0.4, 0.5) is 33.7 Å². The summed E-state index contributed by atoms with van der Waals surface area (Å²) >= 11 is 0. The number of amides is 3. The van der Waals surface area contributed by atoms with Crippen LogP contribution in [0.5, 0.6) is 0 Å². The molecule has 0 aromatic heterocycles. The van der Waals surface area contributed by atoms with Gasteiger partial charge in [0.15, 0.2) is 0 Å². The Hall–Kier alpha value is -2.65. The molecule has 1 saturated heterocycles. The predicted molar refractivity (Wildman–Crippen MR) is 85.5 cm³/mol. The number of alkyl halides is 3. The molecule has 1 aromatic rings. The maximum Gasteiger partial charge on any atom is 0.414 e. The van der Waals surface area contributed by atoms with E-state index in [2.05, 4.69) is 0 Å². The molecular formula is C17H16F4N2O4. The van der Waals surface area contributed by atoms with Gasteiger partial charge in [0, 0.05) is 24.9 Å². The average Bonchev–Trinajstić information content (AvgIpc) is 2.57. The van der Waals surface area contributed by atoms with Crippen LogP contribution < -0.4 is 9.80 Å². The second-order valence-electron chi connectivity index (χ2n) is 6.41. The first-order valence-corrected chi connectivity index (χ1v) is 8.32. The highest BCUT2D eigenvalue weighted by Crippen LogP contribution is 2.39. The highest BCUT2D eigenvalue weighted by atomic mass is 19.4. The molecule has 1 aromatic carbocycles. The van der Waals surface area contributed by atoms with Crippen LogP contribution in [0, 0.1) is 11.7 Å². The first-order chi connectivity index (χ1) is 12.6. The summed E-state index contributed by atoms with van der Waals surface area (Å²) in [5, 5.41) is 0. The molecule has 0 N–H and O–H groups in total. The van der Waals surface area contributed by atoms with Crippen molar-refractivity contribution < 1.29 is 36.7 Å². The van der Waals surface area contributed by atoms with Crippen LogP contribution in [0.1, 0.15) is 31.7 Å². The van der Waals surface area contributed by atoms with Gasteiger partial charge in [-0.2, -0.15) is 13.2 Å². The van der Waals surface area contributed by atoms with Gasteiger partial charge in [-0.1, -0.05) is 6.92 Å². The van der Waals surface area contributed by atoms with Crippen molar-refractivity contribution in [2.75, 3.05) is 16.3 Å². The van der Waals surface area contributed by atoms with Crippen LogP contribution >= 0.6 is 0 Å².